The van der Waals surface area contributed by atoms with Crippen LogP contribution in [0, 0.1) is 5.92 Å². The molecular weight excluding hydrogens is 482 g/mol. The van der Waals surface area contributed by atoms with Crippen LogP contribution in [-0.4, -0.2) is 17.6 Å². The number of hydrogen-bond donors (Lipinski definition) is 0. The molecule has 39 heavy (non-hydrogen) atoms. The molecule has 0 aliphatic heterocycles. The van der Waals surface area contributed by atoms with Gasteiger partial charge in [0.2, 0.25) is 0 Å². The molecule has 0 bridgehead atoms. The van der Waals surface area contributed by atoms with E-state index in [4.69, 9.17) is 4.84 Å². The highest BCUT2D eigenvalue weighted by atomic mass is 16.7. The molecule has 0 spiro atoms. The van der Waals surface area contributed by atoms with Gasteiger partial charge in [-0.1, -0.05) is 170 Å². The Balaban J connectivity index is 1.56. The number of carboxylic acid groups (broad SMARTS) is 1. The molecule has 0 aliphatic rings. The minimum Gasteiger partial charge on any atom is -0.550 e. The summed E-state index contributed by atoms with van der Waals surface area (Å²) in [4.78, 5) is 17.9. The number of aliphatic carboxylic acids is 1. The van der Waals surface area contributed by atoms with Crippen LogP contribution in [0.3, 0.4) is 0 Å². The van der Waals surface area contributed by atoms with Crippen molar-refractivity contribution in [3.63, 3.8) is 0 Å². The van der Waals surface area contributed by atoms with Gasteiger partial charge in [-0.2, -0.15) is 5.06 Å². The van der Waals surface area contributed by atoms with Gasteiger partial charge in [0, 0.05) is 25.0 Å². The zero-order chi connectivity index (χ0) is 27.8. The summed E-state index contributed by atoms with van der Waals surface area (Å²) >= 11 is 0. The van der Waals surface area contributed by atoms with Crippen molar-refractivity contribution >= 4 is 5.97 Å². The summed E-state index contributed by atoms with van der Waals surface area (Å²) in [6.45, 7) is 3.64. The molecular formula is C35H54NO3-. The van der Waals surface area contributed by atoms with Crippen LogP contribution in [0.15, 0.2) is 60.7 Å². The lowest BCUT2D eigenvalue weighted by Gasteiger charge is -2.26. The first-order valence-corrected chi connectivity index (χ1v) is 15.9. The average Bonchev–Trinajstić information content (AvgIpc) is 2.95. The topological polar surface area (TPSA) is 52.6 Å². The molecule has 2 aromatic rings. The largest absolute Gasteiger partial charge is 0.550 e. The highest BCUT2D eigenvalue weighted by Gasteiger charge is 2.15. The van der Waals surface area contributed by atoms with Gasteiger partial charge in [0.05, 0.1) is 6.61 Å². The predicted octanol–water partition coefficient (Wildman–Crippen LogP) is 8.64. The molecule has 0 radical (unpaired) electrons. The zero-order valence-corrected chi connectivity index (χ0v) is 24.7. The predicted molar refractivity (Wildman–Crippen MR) is 161 cm³/mol. The van der Waals surface area contributed by atoms with E-state index in [1.54, 1.807) is 0 Å². The number of hydrogen-bond acceptors (Lipinski definition) is 4. The third kappa shape index (κ3) is 17.2. The Bertz CT molecular complexity index is 785. The maximum Gasteiger partial charge on any atom is 0.0765 e. The molecule has 0 fully saturated rings. The van der Waals surface area contributed by atoms with Gasteiger partial charge in [0.25, 0.3) is 0 Å². The molecule has 2 rings (SSSR count). The van der Waals surface area contributed by atoms with E-state index >= 15 is 0 Å². The molecule has 4 heteroatoms. The van der Waals surface area contributed by atoms with Gasteiger partial charge in [-0.05, 0) is 17.5 Å². The Kier molecular flexibility index (Phi) is 19.2. The van der Waals surface area contributed by atoms with Crippen molar-refractivity contribution in [1.29, 1.82) is 0 Å². The van der Waals surface area contributed by atoms with E-state index in [2.05, 4.69) is 31.2 Å². The lowest BCUT2D eigenvalue weighted by atomic mass is 10.0. The third-order valence-electron chi connectivity index (χ3n) is 7.60. The fraction of sp³-hybridized carbons (Fsp3) is 0.629. The van der Waals surface area contributed by atoms with Crippen LogP contribution >= 0.6 is 0 Å². The maximum absolute atomic E-state index is 11.8. The van der Waals surface area contributed by atoms with Gasteiger partial charge >= 0.3 is 0 Å². The van der Waals surface area contributed by atoms with Crippen molar-refractivity contribution in [3.05, 3.63) is 71.8 Å². The van der Waals surface area contributed by atoms with Gasteiger partial charge in [-0.15, -0.1) is 0 Å². The van der Waals surface area contributed by atoms with E-state index in [9.17, 15) is 9.90 Å². The molecule has 0 aliphatic carbocycles. The summed E-state index contributed by atoms with van der Waals surface area (Å²) in [5, 5.41) is 13.7. The minimum atomic E-state index is -1.00. The molecule has 0 N–H and O–H groups in total. The Morgan fingerprint density at radius 3 is 1.41 bits per heavy atom. The van der Waals surface area contributed by atoms with Crippen LogP contribution in [0.5, 0.6) is 0 Å². The molecule has 218 valence electrons. The highest BCUT2D eigenvalue weighted by Crippen LogP contribution is 2.17. The van der Waals surface area contributed by atoms with Crippen LogP contribution in [0.2, 0.25) is 0 Å². The number of carbonyl (C=O) groups is 1. The number of nitrogens with zero attached hydrogens (tertiary/aromatic N) is 1. The second-order valence-corrected chi connectivity index (χ2v) is 11.2. The molecule has 0 saturated heterocycles. The molecule has 0 saturated carbocycles. The summed E-state index contributed by atoms with van der Waals surface area (Å²) in [6.07, 6.45) is 21.7. The standard InChI is InChI=1S/C35H55NO3/c1-2-3-4-5-6-7-8-9-10-11-12-13-14-15-16-23-28-34(35(37)38)31-39-36(29-32-24-19-17-20-25-32)30-33-26-21-18-22-27-33/h17-22,24-27,34H,2-16,23,28-31H2,1H3,(H,37,38)/p-1. The molecule has 1 atom stereocenters. The maximum atomic E-state index is 11.8. The Morgan fingerprint density at radius 1 is 0.641 bits per heavy atom. The number of carboxylic acids is 1. The van der Waals surface area contributed by atoms with Gasteiger partial charge in [-0.25, -0.2) is 0 Å². The second kappa shape index (κ2) is 22.6. The van der Waals surface area contributed by atoms with Gasteiger partial charge in [0.1, 0.15) is 0 Å². The summed E-state index contributed by atoms with van der Waals surface area (Å²) < 4.78 is 0. The van der Waals surface area contributed by atoms with Crippen molar-refractivity contribution in [1.82, 2.24) is 5.06 Å². The van der Waals surface area contributed by atoms with Crippen LogP contribution < -0.4 is 5.11 Å². The van der Waals surface area contributed by atoms with Gasteiger partial charge in [0.15, 0.2) is 0 Å². The molecule has 0 heterocycles. The van der Waals surface area contributed by atoms with E-state index in [1.807, 2.05) is 41.5 Å². The van der Waals surface area contributed by atoms with Crippen molar-refractivity contribution in [2.75, 3.05) is 6.61 Å². The lowest BCUT2D eigenvalue weighted by molar-refractivity contribution is -0.316. The van der Waals surface area contributed by atoms with Crippen LogP contribution in [0.25, 0.3) is 0 Å². The number of benzene rings is 2. The summed E-state index contributed by atoms with van der Waals surface area (Å²) in [5.41, 5.74) is 2.27. The molecule has 4 nitrogen and oxygen atoms in total. The van der Waals surface area contributed by atoms with Crippen LogP contribution in [-0.2, 0) is 22.7 Å². The molecule has 0 aromatic heterocycles. The second-order valence-electron chi connectivity index (χ2n) is 11.2. The van der Waals surface area contributed by atoms with Crippen LogP contribution in [0.1, 0.15) is 127 Å². The molecule has 1 unspecified atom stereocenters. The summed E-state index contributed by atoms with van der Waals surface area (Å²) in [6, 6.07) is 20.3. The SMILES string of the molecule is CCCCCCCCCCCCCCCCCCC(CON(Cc1ccccc1)Cc1ccccc1)C(=O)[O-]. The Hall–Kier alpha value is -2.17. The smallest absolute Gasteiger partial charge is 0.0765 e. The highest BCUT2D eigenvalue weighted by molar-refractivity contribution is 5.67. The van der Waals surface area contributed by atoms with E-state index < -0.39 is 11.9 Å². The normalized spacial score (nSPS) is 12.2. The quantitative estimate of drug-likeness (QED) is 0.0941. The molecule has 0 amide bonds. The summed E-state index contributed by atoms with van der Waals surface area (Å²) in [7, 11) is 0. The Labute approximate surface area is 239 Å². The first kappa shape index (κ1) is 33.0. The first-order valence-electron chi connectivity index (χ1n) is 15.9. The number of hydroxylamine groups is 2. The summed E-state index contributed by atoms with van der Waals surface area (Å²) in [5.74, 6) is -1.58. The van der Waals surface area contributed by atoms with Crippen LogP contribution in [0.4, 0.5) is 0 Å². The number of carbonyl (C=O) groups excluding carboxylic acids is 1. The van der Waals surface area contributed by atoms with Crippen molar-refractivity contribution in [2.45, 2.75) is 129 Å². The zero-order valence-electron chi connectivity index (χ0n) is 24.7. The fourth-order valence-corrected chi connectivity index (χ4v) is 5.12. The molecule has 2 aromatic carbocycles. The number of rotatable bonds is 25. The van der Waals surface area contributed by atoms with Gasteiger partial charge < -0.3 is 9.90 Å². The monoisotopic (exact) mass is 536 g/mol. The van der Waals surface area contributed by atoms with Gasteiger partial charge in [-0.3, -0.25) is 4.84 Å². The Morgan fingerprint density at radius 2 is 1.03 bits per heavy atom. The third-order valence-corrected chi connectivity index (χ3v) is 7.60. The van der Waals surface area contributed by atoms with E-state index in [1.165, 1.54) is 89.9 Å². The minimum absolute atomic E-state index is 0.154. The van der Waals surface area contributed by atoms with E-state index in [0.29, 0.717) is 19.5 Å². The van der Waals surface area contributed by atoms with Crippen molar-refractivity contribution in [3.8, 4) is 0 Å². The average molecular weight is 537 g/mol. The van der Waals surface area contributed by atoms with E-state index in [-0.39, 0.29) is 6.61 Å². The van der Waals surface area contributed by atoms with Crippen molar-refractivity contribution < 1.29 is 14.7 Å². The fourth-order valence-electron chi connectivity index (χ4n) is 5.12. The van der Waals surface area contributed by atoms with E-state index in [0.717, 1.165) is 24.0 Å². The lowest BCUT2D eigenvalue weighted by Crippen LogP contribution is -2.36. The van der Waals surface area contributed by atoms with Crippen molar-refractivity contribution in [2.24, 2.45) is 5.92 Å². The number of unbranched alkanes of at least 4 members (excludes halogenated alkanes) is 15. The first-order chi connectivity index (χ1) is 19.2.